The van der Waals surface area contributed by atoms with Gasteiger partial charge in [-0.25, -0.2) is 0 Å². The van der Waals surface area contributed by atoms with E-state index in [2.05, 4.69) is 22.5 Å². The van der Waals surface area contributed by atoms with Gasteiger partial charge < -0.3 is 10.6 Å². The summed E-state index contributed by atoms with van der Waals surface area (Å²) in [5, 5.41) is 6.34. The Hall–Kier alpha value is -0.450. The van der Waals surface area contributed by atoms with Crippen LogP contribution in [-0.2, 0) is 0 Å². The minimum absolute atomic E-state index is 0.278. The van der Waals surface area contributed by atoms with Crippen molar-refractivity contribution in [1.29, 1.82) is 0 Å². The molecule has 0 aromatic heterocycles. The van der Waals surface area contributed by atoms with E-state index in [0.717, 1.165) is 19.0 Å². The number of thioether (sulfide) groups is 1. The Bertz CT molecular complexity index is 240. The molecule has 0 aromatic carbocycles. The normalized spacial score (nSPS) is 25.0. The summed E-state index contributed by atoms with van der Waals surface area (Å²) in [6.07, 6.45) is 3.07. The fourth-order valence-electron chi connectivity index (χ4n) is 1.82. The van der Waals surface area contributed by atoms with Crippen LogP contribution in [0.3, 0.4) is 0 Å². The summed E-state index contributed by atoms with van der Waals surface area (Å²) >= 11 is 2.01. The molecule has 2 N–H and O–H groups in total. The molecule has 1 aliphatic heterocycles. The Labute approximate surface area is 108 Å². The van der Waals surface area contributed by atoms with Crippen LogP contribution in [0.4, 0.5) is 4.39 Å². The van der Waals surface area contributed by atoms with Gasteiger partial charge in [0.25, 0.3) is 0 Å². The van der Waals surface area contributed by atoms with Crippen LogP contribution in [0, 0.1) is 0 Å². The quantitative estimate of drug-likeness (QED) is 0.437. The number of nitrogens with one attached hydrogen (secondary N) is 2. The maximum atomic E-state index is 12.0. The van der Waals surface area contributed by atoms with Gasteiger partial charge in [-0.15, -0.1) is 0 Å². The highest BCUT2D eigenvalue weighted by atomic mass is 32.2. The maximum absolute atomic E-state index is 12.0. The van der Waals surface area contributed by atoms with Crippen LogP contribution in [0.25, 0.3) is 0 Å². The number of hydrogen-bond acceptors (Lipinski definition) is 2. The highest BCUT2D eigenvalue weighted by Gasteiger charge is 2.29. The second-order valence-electron chi connectivity index (χ2n) is 4.57. The van der Waals surface area contributed by atoms with Crippen LogP contribution < -0.4 is 10.6 Å². The van der Waals surface area contributed by atoms with Crippen molar-refractivity contribution < 1.29 is 4.39 Å². The molecular formula is C12H24FN3S. The molecule has 5 heteroatoms. The summed E-state index contributed by atoms with van der Waals surface area (Å²) in [5.41, 5.74) is 0. The molecule has 3 nitrogen and oxygen atoms in total. The van der Waals surface area contributed by atoms with Gasteiger partial charge in [0.2, 0.25) is 0 Å². The first kappa shape index (κ1) is 14.6. The summed E-state index contributed by atoms with van der Waals surface area (Å²) in [6.45, 7) is 6.36. The fourth-order valence-corrected chi connectivity index (χ4v) is 3.05. The second kappa shape index (κ2) is 7.80. The summed E-state index contributed by atoms with van der Waals surface area (Å²) in [5.74, 6) is 2.06. The highest BCUT2D eigenvalue weighted by Crippen LogP contribution is 2.37. The van der Waals surface area contributed by atoms with E-state index in [4.69, 9.17) is 0 Å². The number of rotatable bonds is 6. The molecule has 0 spiro atoms. The molecule has 1 aliphatic rings. The average Bonchev–Trinajstić information content (AvgIpc) is 2.74. The van der Waals surface area contributed by atoms with Gasteiger partial charge in [-0.05, 0) is 38.9 Å². The van der Waals surface area contributed by atoms with Crippen molar-refractivity contribution in [3.05, 3.63) is 0 Å². The molecule has 0 amide bonds. The first-order valence-corrected chi connectivity index (χ1v) is 7.41. The zero-order valence-corrected chi connectivity index (χ0v) is 11.7. The Kier molecular flexibility index (Phi) is 6.70. The molecule has 0 aromatic rings. The molecule has 1 atom stereocenters. The Balaban J connectivity index is 2.38. The van der Waals surface area contributed by atoms with E-state index in [1.165, 1.54) is 18.6 Å². The van der Waals surface area contributed by atoms with E-state index in [0.29, 0.717) is 17.7 Å². The van der Waals surface area contributed by atoms with Crippen LogP contribution in [-0.4, -0.2) is 42.8 Å². The molecule has 0 aliphatic carbocycles. The van der Waals surface area contributed by atoms with E-state index in [-0.39, 0.29) is 6.67 Å². The lowest BCUT2D eigenvalue weighted by Crippen LogP contribution is -2.39. The van der Waals surface area contributed by atoms with Gasteiger partial charge in [-0.2, -0.15) is 11.8 Å². The number of alkyl halides is 1. The predicted molar refractivity (Wildman–Crippen MR) is 74.7 cm³/mol. The minimum atomic E-state index is -0.278. The standard InChI is InChI=1S/C12H24FN3S/c1-3-14-11(15-8-5-7-13)16-10-12(2)6-4-9-17-12/h3-10H2,1-2H3,(H2,14,15,16). The molecule has 0 bridgehead atoms. The highest BCUT2D eigenvalue weighted by molar-refractivity contribution is 8.00. The third kappa shape index (κ3) is 5.61. The SMILES string of the molecule is CCNC(=NCC1(C)CCCS1)NCCCF. The minimum Gasteiger partial charge on any atom is -0.357 e. The van der Waals surface area contributed by atoms with Gasteiger partial charge in [0.15, 0.2) is 5.96 Å². The lowest BCUT2D eigenvalue weighted by molar-refractivity contribution is 0.470. The maximum Gasteiger partial charge on any atom is 0.191 e. The van der Waals surface area contributed by atoms with Crippen molar-refractivity contribution >= 4 is 17.7 Å². The van der Waals surface area contributed by atoms with Crippen LogP contribution in [0.1, 0.15) is 33.1 Å². The van der Waals surface area contributed by atoms with E-state index in [9.17, 15) is 4.39 Å². The summed E-state index contributed by atoms with van der Waals surface area (Å²) < 4.78 is 12.3. The van der Waals surface area contributed by atoms with Gasteiger partial charge >= 0.3 is 0 Å². The third-order valence-corrected chi connectivity index (χ3v) is 4.34. The van der Waals surface area contributed by atoms with Gasteiger partial charge in [-0.1, -0.05) is 0 Å². The largest absolute Gasteiger partial charge is 0.357 e. The average molecular weight is 261 g/mol. The van der Waals surface area contributed by atoms with Gasteiger partial charge in [-0.3, -0.25) is 9.38 Å². The van der Waals surface area contributed by atoms with Gasteiger partial charge in [0.05, 0.1) is 13.2 Å². The monoisotopic (exact) mass is 261 g/mol. The number of halogens is 1. The number of aliphatic imine (C=N–C) groups is 1. The molecule has 100 valence electrons. The molecule has 1 fully saturated rings. The summed E-state index contributed by atoms with van der Waals surface area (Å²) in [6, 6.07) is 0. The lowest BCUT2D eigenvalue weighted by atomic mass is 10.1. The molecular weight excluding hydrogens is 237 g/mol. The van der Waals surface area contributed by atoms with Crippen LogP contribution in [0.15, 0.2) is 4.99 Å². The van der Waals surface area contributed by atoms with Crippen molar-refractivity contribution in [1.82, 2.24) is 10.6 Å². The lowest BCUT2D eigenvalue weighted by Gasteiger charge is -2.20. The Morgan fingerprint density at radius 3 is 2.88 bits per heavy atom. The fraction of sp³-hybridized carbons (Fsp3) is 0.917. The van der Waals surface area contributed by atoms with Crippen molar-refractivity contribution in [2.45, 2.75) is 37.9 Å². The Morgan fingerprint density at radius 2 is 2.29 bits per heavy atom. The third-order valence-electron chi connectivity index (χ3n) is 2.82. The van der Waals surface area contributed by atoms with Gasteiger partial charge in [0, 0.05) is 17.8 Å². The second-order valence-corrected chi connectivity index (χ2v) is 6.25. The van der Waals surface area contributed by atoms with Crippen molar-refractivity contribution in [2.24, 2.45) is 4.99 Å². The molecule has 1 rings (SSSR count). The van der Waals surface area contributed by atoms with Crippen molar-refractivity contribution in [3.8, 4) is 0 Å². The zero-order chi connectivity index (χ0) is 12.6. The summed E-state index contributed by atoms with van der Waals surface area (Å²) in [4.78, 5) is 4.59. The molecule has 17 heavy (non-hydrogen) atoms. The molecule has 1 heterocycles. The summed E-state index contributed by atoms with van der Waals surface area (Å²) in [7, 11) is 0. The molecule has 0 saturated carbocycles. The van der Waals surface area contributed by atoms with Gasteiger partial charge in [0.1, 0.15) is 0 Å². The molecule has 1 unspecified atom stereocenters. The van der Waals surface area contributed by atoms with E-state index in [1.807, 2.05) is 18.7 Å². The number of guanidine groups is 1. The van der Waals surface area contributed by atoms with Crippen LogP contribution in [0.5, 0.6) is 0 Å². The molecule has 1 saturated heterocycles. The van der Waals surface area contributed by atoms with Crippen molar-refractivity contribution in [2.75, 3.05) is 32.1 Å². The van der Waals surface area contributed by atoms with Crippen LogP contribution >= 0.6 is 11.8 Å². The van der Waals surface area contributed by atoms with Crippen LogP contribution in [0.2, 0.25) is 0 Å². The first-order valence-electron chi connectivity index (χ1n) is 6.42. The topological polar surface area (TPSA) is 36.4 Å². The number of hydrogen-bond donors (Lipinski definition) is 2. The smallest absolute Gasteiger partial charge is 0.191 e. The predicted octanol–water partition coefficient (Wildman–Crippen LogP) is 2.19. The molecule has 0 radical (unpaired) electrons. The Morgan fingerprint density at radius 1 is 1.47 bits per heavy atom. The van der Waals surface area contributed by atoms with E-state index < -0.39 is 0 Å². The van der Waals surface area contributed by atoms with E-state index in [1.54, 1.807) is 0 Å². The van der Waals surface area contributed by atoms with E-state index >= 15 is 0 Å². The van der Waals surface area contributed by atoms with Crippen molar-refractivity contribution in [3.63, 3.8) is 0 Å². The zero-order valence-electron chi connectivity index (χ0n) is 10.9. The number of nitrogens with zero attached hydrogens (tertiary/aromatic N) is 1. The first-order chi connectivity index (χ1) is 8.20.